The van der Waals surface area contributed by atoms with Crippen LogP contribution in [0, 0.1) is 5.41 Å². The molecule has 0 atom stereocenters. The van der Waals surface area contributed by atoms with Crippen molar-refractivity contribution in [3.05, 3.63) is 29.8 Å². The van der Waals surface area contributed by atoms with Gasteiger partial charge >= 0.3 is 5.97 Å². The summed E-state index contributed by atoms with van der Waals surface area (Å²) in [6.07, 6.45) is 7.49. The Morgan fingerprint density at radius 3 is 2.57 bits per heavy atom. The fourth-order valence-corrected chi connectivity index (χ4v) is 3.30. The predicted molar refractivity (Wildman–Crippen MR) is 87.3 cm³/mol. The Hall–Kier alpha value is -1.16. The Kier molecular flexibility index (Phi) is 5.97. The average molecular weight is 308 g/mol. The Labute approximate surface area is 132 Å². The maximum Gasteiger partial charge on any atom is 0.337 e. The SMILES string of the molecule is COC(=O)c1cccc(OCC2(CS)CCCCCC2)c1. The van der Waals surface area contributed by atoms with Gasteiger partial charge in [0.2, 0.25) is 0 Å². The number of benzene rings is 1. The number of hydrogen-bond donors (Lipinski definition) is 1. The molecule has 1 saturated carbocycles. The predicted octanol–water partition coefficient (Wildman–Crippen LogP) is 4.12. The van der Waals surface area contributed by atoms with E-state index in [1.54, 1.807) is 12.1 Å². The number of rotatable bonds is 5. The number of ether oxygens (including phenoxy) is 2. The van der Waals surface area contributed by atoms with Gasteiger partial charge in [0.05, 0.1) is 19.3 Å². The van der Waals surface area contributed by atoms with Gasteiger partial charge in [0, 0.05) is 5.41 Å². The van der Waals surface area contributed by atoms with Gasteiger partial charge in [0.1, 0.15) is 5.75 Å². The van der Waals surface area contributed by atoms with E-state index in [4.69, 9.17) is 9.47 Å². The fraction of sp³-hybridized carbons (Fsp3) is 0.588. The summed E-state index contributed by atoms with van der Waals surface area (Å²) in [6, 6.07) is 7.19. The third-order valence-electron chi connectivity index (χ3n) is 4.30. The summed E-state index contributed by atoms with van der Waals surface area (Å²) in [6.45, 7) is 0.668. The van der Waals surface area contributed by atoms with Crippen LogP contribution in [0.5, 0.6) is 5.75 Å². The minimum Gasteiger partial charge on any atom is -0.493 e. The monoisotopic (exact) mass is 308 g/mol. The normalized spacial score (nSPS) is 17.8. The van der Waals surface area contributed by atoms with Crippen molar-refractivity contribution in [2.75, 3.05) is 19.5 Å². The summed E-state index contributed by atoms with van der Waals surface area (Å²) in [5, 5.41) is 0. The van der Waals surface area contributed by atoms with Crippen molar-refractivity contribution in [1.29, 1.82) is 0 Å². The van der Waals surface area contributed by atoms with E-state index in [1.807, 2.05) is 12.1 Å². The third kappa shape index (κ3) is 4.40. The molecule has 0 saturated heterocycles. The van der Waals surface area contributed by atoms with Gasteiger partial charge in [0.25, 0.3) is 0 Å². The van der Waals surface area contributed by atoms with E-state index in [-0.39, 0.29) is 11.4 Å². The number of methoxy groups -OCH3 is 1. The van der Waals surface area contributed by atoms with Crippen LogP contribution < -0.4 is 4.74 Å². The fourth-order valence-electron chi connectivity index (χ4n) is 2.89. The van der Waals surface area contributed by atoms with E-state index in [1.165, 1.54) is 45.6 Å². The van der Waals surface area contributed by atoms with E-state index in [0.29, 0.717) is 12.2 Å². The number of carbonyl (C=O) groups excluding carboxylic acids is 1. The number of carbonyl (C=O) groups is 1. The molecule has 0 amide bonds. The first-order valence-electron chi connectivity index (χ1n) is 7.61. The van der Waals surface area contributed by atoms with Gasteiger partial charge in [0.15, 0.2) is 0 Å². The lowest BCUT2D eigenvalue weighted by atomic mass is 9.83. The Balaban J connectivity index is 2.02. The molecule has 116 valence electrons. The highest BCUT2D eigenvalue weighted by Crippen LogP contribution is 2.36. The van der Waals surface area contributed by atoms with Gasteiger partial charge in [-0.15, -0.1) is 0 Å². The highest BCUT2D eigenvalue weighted by Gasteiger charge is 2.30. The Bertz CT molecular complexity index is 465. The van der Waals surface area contributed by atoms with Crippen LogP contribution in [0.2, 0.25) is 0 Å². The zero-order valence-electron chi connectivity index (χ0n) is 12.6. The summed E-state index contributed by atoms with van der Waals surface area (Å²) in [5.41, 5.74) is 0.691. The molecular weight excluding hydrogens is 284 g/mol. The number of thiol groups is 1. The van der Waals surface area contributed by atoms with E-state index in [2.05, 4.69) is 12.6 Å². The minimum atomic E-state index is -0.334. The maximum absolute atomic E-state index is 11.5. The molecule has 4 heteroatoms. The lowest BCUT2D eigenvalue weighted by molar-refractivity contribution is 0.0600. The van der Waals surface area contributed by atoms with Crippen LogP contribution in [-0.2, 0) is 4.74 Å². The van der Waals surface area contributed by atoms with Crippen molar-refractivity contribution in [1.82, 2.24) is 0 Å². The second kappa shape index (κ2) is 7.74. The molecule has 0 spiro atoms. The van der Waals surface area contributed by atoms with Gasteiger partial charge in [-0.25, -0.2) is 4.79 Å². The van der Waals surface area contributed by atoms with Crippen molar-refractivity contribution in [3.8, 4) is 5.75 Å². The quantitative estimate of drug-likeness (QED) is 0.505. The van der Waals surface area contributed by atoms with Crippen LogP contribution in [0.1, 0.15) is 48.9 Å². The highest BCUT2D eigenvalue weighted by atomic mass is 32.1. The smallest absolute Gasteiger partial charge is 0.337 e. The summed E-state index contributed by atoms with van der Waals surface area (Å²) >= 11 is 4.56. The topological polar surface area (TPSA) is 35.5 Å². The van der Waals surface area contributed by atoms with Crippen LogP contribution >= 0.6 is 12.6 Å². The van der Waals surface area contributed by atoms with Crippen molar-refractivity contribution < 1.29 is 14.3 Å². The maximum atomic E-state index is 11.5. The van der Waals surface area contributed by atoms with Crippen LogP contribution in [0.25, 0.3) is 0 Å². The van der Waals surface area contributed by atoms with Crippen molar-refractivity contribution >= 4 is 18.6 Å². The molecule has 1 aliphatic carbocycles. The summed E-state index contributed by atoms with van der Waals surface area (Å²) in [5.74, 6) is 1.24. The van der Waals surface area contributed by atoms with Crippen molar-refractivity contribution in [2.24, 2.45) is 5.41 Å². The Morgan fingerprint density at radius 1 is 1.24 bits per heavy atom. The van der Waals surface area contributed by atoms with Crippen LogP contribution in [0.15, 0.2) is 24.3 Å². The zero-order chi connectivity index (χ0) is 15.1. The van der Waals surface area contributed by atoms with Crippen LogP contribution in [0.3, 0.4) is 0 Å². The van der Waals surface area contributed by atoms with Crippen molar-refractivity contribution in [2.45, 2.75) is 38.5 Å². The summed E-state index contributed by atoms with van der Waals surface area (Å²) < 4.78 is 10.7. The van der Waals surface area contributed by atoms with Crippen LogP contribution in [-0.4, -0.2) is 25.4 Å². The van der Waals surface area contributed by atoms with E-state index in [9.17, 15) is 4.79 Å². The molecule has 1 aromatic carbocycles. The molecule has 0 aromatic heterocycles. The molecule has 1 aliphatic rings. The molecule has 0 bridgehead atoms. The average Bonchev–Trinajstić information content (AvgIpc) is 2.78. The molecule has 21 heavy (non-hydrogen) atoms. The second-order valence-electron chi connectivity index (χ2n) is 5.88. The summed E-state index contributed by atoms with van der Waals surface area (Å²) in [7, 11) is 1.39. The standard InChI is InChI=1S/C17H24O3S/c1-19-16(18)14-7-6-8-15(11-14)20-12-17(13-21)9-4-2-3-5-10-17/h6-8,11,21H,2-5,9-10,12-13H2,1H3. The lowest BCUT2D eigenvalue weighted by Crippen LogP contribution is -2.30. The lowest BCUT2D eigenvalue weighted by Gasteiger charge is -2.31. The van der Waals surface area contributed by atoms with Crippen molar-refractivity contribution in [3.63, 3.8) is 0 Å². The number of esters is 1. The molecule has 1 aromatic rings. The first-order chi connectivity index (χ1) is 10.2. The first-order valence-corrected chi connectivity index (χ1v) is 8.24. The van der Waals surface area contributed by atoms with Gasteiger partial charge in [-0.2, -0.15) is 12.6 Å². The largest absolute Gasteiger partial charge is 0.493 e. The molecule has 2 rings (SSSR count). The molecule has 3 nitrogen and oxygen atoms in total. The third-order valence-corrected chi connectivity index (χ3v) is 4.97. The van der Waals surface area contributed by atoms with Gasteiger partial charge in [-0.3, -0.25) is 0 Å². The minimum absolute atomic E-state index is 0.168. The molecule has 0 unspecified atom stereocenters. The highest BCUT2D eigenvalue weighted by molar-refractivity contribution is 7.80. The molecular formula is C17H24O3S. The Morgan fingerprint density at radius 2 is 1.95 bits per heavy atom. The first kappa shape index (κ1) is 16.2. The van der Waals surface area contributed by atoms with E-state index >= 15 is 0 Å². The molecule has 1 fully saturated rings. The molecule has 0 N–H and O–H groups in total. The zero-order valence-corrected chi connectivity index (χ0v) is 13.5. The molecule has 0 heterocycles. The van der Waals surface area contributed by atoms with Gasteiger partial charge in [-0.05, 0) is 36.8 Å². The van der Waals surface area contributed by atoms with Crippen LogP contribution in [0.4, 0.5) is 0 Å². The van der Waals surface area contributed by atoms with E-state index in [0.717, 1.165) is 11.5 Å². The van der Waals surface area contributed by atoms with E-state index < -0.39 is 0 Å². The van der Waals surface area contributed by atoms with Gasteiger partial charge < -0.3 is 9.47 Å². The second-order valence-corrected chi connectivity index (χ2v) is 6.20. The number of hydrogen-bond acceptors (Lipinski definition) is 4. The molecule has 0 aliphatic heterocycles. The van der Waals surface area contributed by atoms with Gasteiger partial charge in [-0.1, -0.05) is 31.7 Å². The summed E-state index contributed by atoms with van der Waals surface area (Å²) in [4.78, 5) is 11.5. The molecule has 0 radical (unpaired) electrons.